The molecule has 0 amide bonds. The van der Waals surface area contributed by atoms with Gasteiger partial charge >= 0.3 is 6.01 Å². The fourth-order valence-corrected chi connectivity index (χ4v) is 0.348. The van der Waals surface area contributed by atoms with E-state index in [9.17, 15) is 0 Å². The van der Waals surface area contributed by atoms with Crippen molar-refractivity contribution in [1.82, 2.24) is 20.6 Å². The maximum absolute atomic E-state index is 4.85. The molecule has 0 unspecified atom stereocenters. The first-order valence-electron chi connectivity index (χ1n) is 2.30. The van der Waals surface area contributed by atoms with Crippen LogP contribution >= 0.6 is 0 Å². The standard InChI is InChI=1S/C3H6N4O/c1-2-8-3-4-6-7-5-3/h2H2,1H3,(H,4,5,6,7). The Kier molecular flexibility index (Phi) is 1.41. The van der Waals surface area contributed by atoms with E-state index >= 15 is 0 Å². The Balaban J connectivity index is 2.50. The van der Waals surface area contributed by atoms with E-state index in [4.69, 9.17) is 4.74 Å². The maximum Gasteiger partial charge on any atom is 0.332 e. The van der Waals surface area contributed by atoms with Crippen molar-refractivity contribution in [3.63, 3.8) is 0 Å². The van der Waals surface area contributed by atoms with Crippen LogP contribution in [0.4, 0.5) is 0 Å². The highest BCUT2D eigenvalue weighted by Crippen LogP contribution is 1.91. The van der Waals surface area contributed by atoms with Gasteiger partial charge in [0.1, 0.15) is 0 Å². The fourth-order valence-electron chi connectivity index (χ4n) is 0.348. The molecular weight excluding hydrogens is 108 g/mol. The fraction of sp³-hybridized carbons (Fsp3) is 0.667. The first-order chi connectivity index (χ1) is 3.93. The van der Waals surface area contributed by atoms with Gasteiger partial charge in [-0.1, -0.05) is 5.10 Å². The second-order valence-corrected chi connectivity index (χ2v) is 1.14. The highest BCUT2D eigenvalue weighted by atomic mass is 16.5. The number of hydrogen-bond acceptors (Lipinski definition) is 4. The van der Waals surface area contributed by atoms with Crippen LogP contribution in [0, 0.1) is 0 Å². The summed E-state index contributed by atoms with van der Waals surface area (Å²) in [6, 6.07) is 0.368. The van der Waals surface area contributed by atoms with Gasteiger partial charge in [-0.15, -0.1) is 0 Å². The van der Waals surface area contributed by atoms with Crippen molar-refractivity contribution >= 4 is 0 Å². The van der Waals surface area contributed by atoms with Crippen molar-refractivity contribution in [3.8, 4) is 6.01 Å². The molecule has 8 heavy (non-hydrogen) atoms. The zero-order chi connectivity index (χ0) is 5.82. The Morgan fingerprint density at radius 3 is 3.12 bits per heavy atom. The Morgan fingerprint density at radius 2 is 2.62 bits per heavy atom. The zero-order valence-corrected chi connectivity index (χ0v) is 4.46. The van der Waals surface area contributed by atoms with Crippen LogP contribution in [-0.2, 0) is 0 Å². The van der Waals surface area contributed by atoms with E-state index in [2.05, 4.69) is 20.6 Å². The minimum atomic E-state index is 0.368. The Hall–Kier alpha value is -1.13. The molecule has 44 valence electrons. The molecule has 1 rings (SSSR count). The van der Waals surface area contributed by atoms with Gasteiger partial charge in [-0.25, -0.2) is 5.10 Å². The van der Waals surface area contributed by atoms with Crippen LogP contribution in [0.3, 0.4) is 0 Å². The lowest BCUT2D eigenvalue weighted by atomic mass is 10.9. The minimum absolute atomic E-state index is 0.368. The average molecular weight is 114 g/mol. The van der Waals surface area contributed by atoms with Gasteiger partial charge in [-0.05, 0) is 17.4 Å². The molecule has 0 aromatic carbocycles. The van der Waals surface area contributed by atoms with Crippen molar-refractivity contribution in [1.29, 1.82) is 0 Å². The third-order valence-corrected chi connectivity index (χ3v) is 0.607. The molecule has 0 atom stereocenters. The summed E-state index contributed by atoms with van der Waals surface area (Å²) in [5.74, 6) is 0. The van der Waals surface area contributed by atoms with E-state index in [1.165, 1.54) is 0 Å². The molecule has 0 saturated carbocycles. The lowest BCUT2D eigenvalue weighted by Crippen LogP contribution is -1.92. The highest BCUT2D eigenvalue weighted by Gasteiger charge is 1.90. The first-order valence-corrected chi connectivity index (χ1v) is 2.30. The second-order valence-electron chi connectivity index (χ2n) is 1.14. The topological polar surface area (TPSA) is 63.7 Å². The van der Waals surface area contributed by atoms with Crippen LogP contribution in [0.15, 0.2) is 0 Å². The van der Waals surface area contributed by atoms with Gasteiger partial charge in [-0.2, -0.15) is 0 Å². The number of tetrazole rings is 1. The molecule has 1 aromatic rings. The highest BCUT2D eigenvalue weighted by molar-refractivity contribution is 4.79. The summed E-state index contributed by atoms with van der Waals surface area (Å²) < 4.78 is 4.85. The summed E-state index contributed by atoms with van der Waals surface area (Å²) in [6.45, 7) is 2.44. The first kappa shape index (κ1) is 5.02. The lowest BCUT2D eigenvalue weighted by molar-refractivity contribution is 0.313. The second kappa shape index (κ2) is 2.25. The Bertz CT molecular complexity index is 137. The van der Waals surface area contributed by atoms with Crippen LogP contribution in [0.2, 0.25) is 0 Å². The van der Waals surface area contributed by atoms with Crippen LogP contribution in [0.1, 0.15) is 6.92 Å². The summed E-state index contributed by atoms with van der Waals surface area (Å²) in [7, 11) is 0. The lowest BCUT2D eigenvalue weighted by Gasteiger charge is -1.90. The quantitative estimate of drug-likeness (QED) is 0.568. The summed E-state index contributed by atoms with van der Waals surface area (Å²) in [6.07, 6.45) is 0. The van der Waals surface area contributed by atoms with Gasteiger partial charge in [0.2, 0.25) is 0 Å². The van der Waals surface area contributed by atoms with Crippen LogP contribution in [0.5, 0.6) is 6.01 Å². The van der Waals surface area contributed by atoms with E-state index in [1.54, 1.807) is 0 Å². The summed E-state index contributed by atoms with van der Waals surface area (Å²) in [4.78, 5) is 0. The van der Waals surface area contributed by atoms with Crippen molar-refractivity contribution in [2.24, 2.45) is 0 Å². The normalized spacial score (nSPS) is 9.12. The SMILES string of the molecule is CCOc1nnn[nH]1. The van der Waals surface area contributed by atoms with Crippen LogP contribution < -0.4 is 4.74 Å². The molecule has 0 radical (unpaired) electrons. The summed E-state index contributed by atoms with van der Waals surface area (Å²) in [5, 5.41) is 12.5. The molecule has 0 bridgehead atoms. The molecule has 0 spiro atoms. The molecule has 5 heteroatoms. The van der Waals surface area contributed by atoms with Crippen LogP contribution in [0.25, 0.3) is 0 Å². The van der Waals surface area contributed by atoms with E-state index in [1.807, 2.05) is 6.92 Å². The predicted molar refractivity (Wildman–Crippen MR) is 25.3 cm³/mol. The zero-order valence-electron chi connectivity index (χ0n) is 4.46. The van der Waals surface area contributed by atoms with Gasteiger partial charge in [-0.3, -0.25) is 0 Å². The molecule has 0 aliphatic heterocycles. The Labute approximate surface area is 46.0 Å². The van der Waals surface area contributed by atoms with Crippen molar-refractivity contribution in [2.45, 2.75) is 6.92 Å². The van der Waals surface area contributed by atoms with E-state index in [-0.39, 0.29) is 0 Å². The molecule has 1 heterocycles. The smallest absolute Gasteiger partial charge is 0.332 e. The van der Waals surface area contributed by atoms with Gasteiger partial charge in [0, 0.05) is 0 Å². The number of aromatic nitrogens is 4. The maximum atomic E-state index is 4.85. The number of hydrogen-bond donors (Lipinski definition) is 1. The number of nitrogens with one attached hydrogen (secondary N) is 1. The number of nitrogens with zero attached hydrogens (tertiary/aromatic N) is 3. The predicted octanol–water partition coefficient (Wildman–Crippen LogP) is -0.402. The molecule has 5 nitrogen and oxygen atoms in total. The van der Waals surface area contributed by atoms with Crippen molar-refractivity contribution < 1.29 is 4.74 Å². The molecule has 0 aliphatic carbocycles. The van der Waals surface area contributed by atoms with Crippen molar-refractivity contribution in [2.75, 3.05) is 6.61 Å². The molecule has 0 fully saturated rings. The monoisotopic (exact) mass is 114 g/mol. The number of aromatic amines is 1. The van der Waals surface area contributed by atoms with E-state index in [0.29, 0.717) is 12.6 Å². The number of ether oxygens (including phenoxy) is 1. The summed E-state index contributed by atoms with van der Waals surface area (Å²) >= 11 is 0. The number of H-pyrrole nitrogens is 1. The van der Waals surface area contributed by atoms with Gasteiger partial charge in [0.25, 0.3) is 0 Å². The summed E-state index contributed by atoms with van der Waals surface area (Å²) in [5.41, 5.74) is 0. The van der Waals surface area contributed by atoms with Crippen LogP contribution in [-0.4, -0.2) is 27.2 Å². The van der Waals surface area contributed by atoms with Gasteiger partial charge < -0.3 is 4.74 Å². The van der Waals surface area contributed by atoms with E-state index < -0.39 is 0 Å². The molecule has 0 saturated heterocycles. The third kappa shape index (κ3) is 0.927. The average Bonchev–Trinajstić information content (AvgIpc) is 2.19. The number of rotatable bonds is 2. The largest absolute Gasteiger partial charge is 0.463 e. The molecule has 1 aromatic heterocycles. The minimum Gasteiger partial charge on any atom is -0.463 e. The van der Waals surface area contributed by atoms with Gasteiger partial charge in [0.15, 0.2) is 0 Å². The van der Waals surface area contributed by atoms with Crippen molar-refractivity contribution in [3.05, 3.63) is 0 Å². The Morgan fingerprint density at radius 1 is 1.75 bits per heavy atom. The van der Waals surface area contributed by atoms with Gasteiger partial charge in [0.05, 0.1) is 6.61 Å². The third-order valence-electron chi connectivity index (χ3n) is 0.607. The molecular formula is C3H6N4O. The molecule has 0 aliphatic rings. The molecule has 1 N–H and O–H groups in total. The van der Waals surface area contributed by atoms with E-state index in [0.717, 1.165) is 0 Å².